The Morgan fingerprint density at radius 3 is 2.41 bits per heavy atom. The molecule has 1 amide bonds. The average Bonchev–Trinajstić information content (AvgIpc) is 2.87. The number of carboxylic acids is 1. The lowest BCUT2D eigenvalue weighted by molar-refractivity contribution is -0.139. The summed E-state index contributed by atoms with van der Waals surface area (Å²) < 4.78 is 0. The summed E-state index contributed by atoms with van der Waals surface area (Å²) in [4.78, 5) is 22.6. The van der Waals surface area contributed by atoms with Crippen LogP contribution in [-0.4, -0.2) is 35.1 Å². The minimum atomic E-state index is -0.943. The van der Waals surface area contributed by atoms with Gasteiger partial charge in [0.2, 0.25) is 5.91 Å². The molecule has 0 unspecified atom stereocenters. The molecule has 1 heterocycles. The molecule has 0 aliphatic carbocycles. The first-order valence-corrected chi connectivity index (χ1v) is 7.58. The third-order valence-corrected chi connectivity index (χ3v) is 4.34. The maximum Gasteiger partial charge on any atom is 0.320 e. The zero-order chi connectivity index (χ0) is 16.0. The van der Waals surface area contributed by atoms with Crippen LogP contribution in [0.1, 0.15) is 46.5 Å². The molecule has 7 heteroatoms. The zero-order valence-corrected chi connectivity index (χ0v) is 14.2. The van der Waals surface area contributed by atoms with Crippen molar-refractivity contribution in [2.45, 2.75) is 64.6 Å². The van der Waals surface area contributed by atoms with E-state index in [1.807, 2.05) is 0 Å². The highest BCUT2D eigenvalue weighted by molar-refractivity contribution is 5.85. The van der Waals surface area contributed by atoms with Gasteiger partial charge < -0.3 is 10.4 Å². The van der Waals surface area contributed by atoms with Crippen molar-refractivity contribution < 1.29 is 14.7 Å². The number of nitrogens with zero attached hydrogens (tertiary/aromatic N) is 1. The summed E-state index contributed by atoms with van der Waals surface area (Å²) >= 11 is 0. The van der Waals surface area contributed by atoms with E-state index in [0.29, 0.717) is 5.92 Å². The number of nitrogens with one attached hydrogen (secondary N) is 2. The zero-order valence-electron chi connectivity index (χ0n) is 13.3. The lowest BCUT2D eigenvalue weighted by Crippen LogP contribution is -2.52. The number of hydrogen-bond donors (Lipinski definition) is 3. The van der Waals surface area contributed by atoms with Crippen molar-refractivity contribution in [3.63, 3.8) is 0 Å². The molecular formula is C15H26ClN3O3. The Bertz CT molecular complexity index is 421. The van der Waals surface area contributed by atoms with Crippen molar-refractivity contribution in [2.24, 2.45) is 11.8 Å². The van der Waals surface area contributed by atoms with Crippen LogP contribution >= 0.6 is 12.4 Å². The predicted molar refractivity (Wildman–Crippen MR) is 85.6 cm³/mol. The highest BCUT2D eigenvalue weighted by atomic mass is 35.5. The van der Waals surface area contributed by atoms with Gasteiger partial charge in [-0.15, -0.1) is 12.4 Å². The van der Waals surface area contributed by atoms with Crippen LogP contribution in [-0.2, 0) is 9.59 Å². The van der Waals surface area contributed by atoms with Gasteiger partial charge in [-0.25, -0.2) is 0 Å². The Balaban J connectivity index is 0.00000441. The molecule has 0 bridgehead atoms. The number of carbonyl (C=O) groups is 2. The summed E-state index contributed by atoms with van der Waals surface area (Å²) in [7, 11) is 0. The standard InChI is InChI=1S/C15H25N3O3.ClH/c1-4-10(5-2)6-12(17-9(3)19)14-11(8-16)7-13(18-14)15(20)21;/h10-14,18H,4-7H2,1-3H3,(H,17,19)(H,20,21);1H/t11-,12-,13+,14+;/m0./s1. The van der Waals surface area contributed by atoms with E-state index in [2.05, 4.69) is 30.6 Å². The first kappa shape index (κ1) is 20.7. The molecule has 0 saturated carbocycles. The van der Waals surface area contributed by atoms with Crippen molar-refractivity contribution in [1.82, 2.24) is 10.6 Å². The van der Waals surface area contributed by atoms with Gasteiger partial charge in [-0.3, -0.25) is 14.9 Å². The molecule has 3 N–H and O–H groups in total. The highest BCUT2D eigenvalue weighted by Gasteiger charge is 2.42. The fraction of sp³-hybridized carbons (Fsp3) is 0.800. The van der Waals surface area contributed by atoms with Crippen LogP contribution in [0.25, 0.3) is 0 Å². The highest BCUT2D eigenvalue weighted by Crippen LogP contribution is 2.27. The molecule has 4 atom stereocenters. The topological polar surface area (TPSA) is 102 Å². The van der Waals surface area contributed by atoms with Crippen molar-refractivity contribution in [3.05, 3.63) is 0 Å². The summed E-state index contributed by atoms with van der Waals surface area (Å²) in [6, 6.07) is 0.962. The van der Waals surface area contributed by atoms with Gasteiger partial charge in [0.15, 0.2) is 0 Å². The fourth-order valence-corrected chi connectivity index (χ4v) is 3.06. The van der Waals surface area contributed by atoms with E-state index in [9.17, 15) is 14.9 Å². The van der Waals surface area contributed by atoms with Gasteiger partial charge in [0, 0.05) is 19.0 Å². The first-order valence-electron chi connectivity index (χ1n) is 7.58. The molecule has 22 heavy (non-hydrogen) atoms. The number of halogens is 1. The number of amides is 1. The molecule has 1 fully saturated rings. The number of carboxylic acid groups (broad SMARTS) is 1. The number of nitriles is 1. The van der Waals surface area contributed by atoms with Crippen LogP contribution in [0.5, 0.6) is 0 Å². The predicted octanol–water partition coefficient (Wildman–Crippen LogP) is 1.69. The van der Waals surface area contributed by atoms with E-state index in [0.717, 1.165) is 19.3 Å². The van der Waals surface area contributed by atoms with Gasteiger partial charge in [-0.05, 0) is 18.8 Å². The Morgan fingerprint density at radius 2 is 2.00 bits per heavy atom. The number of carbonyl (C=O) groups excluding carboxylic acids is 1. The van der Waals surface area contributed by atoms with Crippen molar-refractivity contribution >= 4 is 24.3 Å². The summed E-state index contributed by atoms with van der Waals surface area (Å²) in [5, 5.41) is 24.3. The second kappa shape index (κ2) is 9.65. The van der Waals surface area contributed by atoms with Crippen LogP contribution in [0.15, 0.2) is 0 Å². The Hall–Kier alpha value is -1.32. The second-order valence-corrected chi connectivity index (χ2v) is 5.78. The van der Waals surface area contributed by atoms with E-state index >= 15 is 0 Å². The molecule has 126 valence electrons. The summed E-state index contributed by atoms with van der Waals surface area (Å²) in [5.41, 5.74) is 0. The molecular weight excluding hydrogens is 306 g/mol. The van der Waals surface area contributed by atoms with E-state index in [-0.39, 0.29) is 36.8 Å². The van der Waals surface area contributed by atoms with Crippen molar-refractivity contribution in [1.29, 1.82) is 5.26 Å². The smallest absolute Gasteiger partial charge is 0.320 e. The lowest BCUT2D eigenvalue weighted by atomic mass is 9.86. The Labute approximate surface area is 138 Å². The third-order valence-electron chi connectivity index (χ3n) is 4.34. The molecule has 0 aromatic carbocycles. The maximum atomic E-state index is 11.4. The summed E-state index contributed by atoms with van der Waals surface area (Å²) in [5.74, 6) is -1.03. The second-order valence-electron chi connectivity index (χ2n) is 5.78. The molecule has 0 aromatic heterocycles. The molecule has 1 saturated heterocycles. The van der Waals surface area contributed by atoms with E-state index < -0.39 is 17.9 Å². The molecule has 0 spiro atoms. The van der Waals surface area contributed by atoms with Crippen LogP contribution in [0.2, 0.25) is 0 Å². The third kappa shape index (κ3) is 5.47. The number of rotatable bonds is 7. The van der Waals surface area contributed by atoms with Crippen LogP contribution in [0, 0.1) is 23.2 Å². The largest absolute Gasteiger partial charge is 0.480 e. The minimum absolute atomic E-state index is 0. The SMILES string of the molecule is CCC(CC)C[C@H](NC(C)=O)[C@@H]1N[C@@H](C(=O)O)C[C@H]1C#N.Cl. The minimum Gasteiger partial charge on any atom is -0.480 e. The molecule has 0 radical (unpaired) electrons. The van der Waals surface area contributed by atoms with Crippen molar-refractivity contribution in [2.75, 3.05) is 0 Å². The van der Waals surface area contributed by atoms with Crippen molar-refractivity contribution in [3.8, 4) is 6.07 Å². The molecule has 0 aromatic rings. The van der Waals surface area contributed by atoms with Gasteiger partial charge in [-0.2, -0.15) is 5.26 Å². The lowest BCUT2D eigenvalue weighted by Gasteiger charge is -2.29. The molecule has 1 aliphatic rings. The first-order chi connectivity index (χ1) is 9.92. The molecule has 6 nitrogen and oxygen atoms in total. The molecule has 1 rings (SSSR count). The van der Waals surface area contributed by atoms with E-state index in [4.69, 9.17) is 5.11 Å². The van der Waals surface area contributed by atoms with Gasteiger partial charge in [0.25, 0.3) is 0 Å². The van der Waals surface area contributed by atoms with E-state index in [1.54, 1.807) is 0 Å². The Kier molecular flexibility index (Phi) is 9.07. The van der Waals surface area contributed by atoms with Crippen LogP contribution in [0.4, 0.5) is 0 Å². The summed E-state index contributed by atoms with van der Waals surface area (Å²) in [6.45, 7) is 5.65. The van der Waals surface area contributed by atoms with Crippen LogP contribution < -0.4 is 10.6 Å². The Morgan fingerprint density at radius 1 is 1.41 bits per heavy atom. The monoisotopic (exact) mass is 331 g/mol. The quantitative estimate of drug-likeness (QED) is 0.659. The van der Waals surface area contributed by atoms with E-state index in [1.165, 1.54) is 6.92 Å². The number of aliphatic carboxylic acids is 1. The van der Waals surface area contributed by atoms with Gasteiger partial charge in [-0.1, -0.05) is 26.7 Å². The van der Waals surface area contributed by atoms with Gasteiger partial charge in [0.1, 0.15) is 6.04 Å². The maximum absolute atomic E-state index is 11.4. The van der Waals surface area contributed by atoms with Gasteiger partial charge in [0.05, 0.1) is 12.0 Å². The number of hydrogen-bond acceptors (Lipinski definition) is 4. The molecule has 1 aliphatic heterocycles. The fourth-order valence-electron chi connectivity index (χ4n) is 3.06. The summed E-state index contributed by atoms with van der Waals surface area (Å²) in [6.07, 6.45) is 3.04. The normalized spacial score (nSPS) is 25.1. The van der Waals surface area contributed by atoms with Crippen LogP contribution in [0.3, 0.4) is 0 Å². The average molecular weight is 332 g/mol. The van der Waals surface area contributed by atoms with Gasteiger partial charge >= 0.3 is 5.97 Å².